The highest BCUT2D eigenvalue weighted by Crippen LogP contribution is 2.18. The van der Waals surface area contributed by atoms with Gasteiger partial charge in [0.1, 0.15) is 16.8 Å². The van der Waals surface area contributed by atoms with E-state index in [4.69, 9.17) is 16.4 Å². The summed E-state index contributed by atoms with van der Waals surface area (Å²) in [5, 5.41) is 10.7. The number of alkyl halides is 2. The average molecular weight is 369 g/mol. The Hall–Kier alpha value is -2.94. The number of anilines is 1. The Morgan fingerprint density at radius 2 is 2.00 bits per heavy atom. The zero-order valence-electron chi connectivity index (χ0n) is 12.5. The van der Waals surface area contributed by atoms with Crippen LogP contribution in [0.1, 0.15) is 0 Å². The van der Waals surface area contributed by atoms with Gasteiger partial charge in [-0.25, -0.2) is 0 Å². The number of hydrogen-bond donors (Lipinski definition) is 1. The molecule has 10 heteroatoms. The number of hydrogen-bond acceptors (Lipinski definition) is 5. The first-order chi connectivity index (χ1) is 12.0. The van der Waals surface area contributed by atoms with Crippen LogP contribution in [0.5, 0.6) is 5.75 Å². The molecule has 0 saturated heterocycles. The van der Waals surface area contributed by atoms with Crippen LogP contribution in [-0.4, -0.2) is 34.3 Å². The molecule has 0 spiro atoms. The van der Waals surface area contributed by atoms with E-state index in [2.05, 4.69) is 20.4 Å². The first-order valence-corrected chi connectivity index (χ1v) is 7.38. The summed E-state index contributed by atoms with van der Waals surface area (Å²) in [6.45, 7) is -3.24. The molecule has 1 amide bonds. The fraction of sp³-hybridized carbons (Fsp3) is 0.133. The van der Waals surface area contributed by atoms with E-state index in [0.29, 0.717) is 21.7 Å². The average Bonchev–Trinajstić information content (AvgIpc) is 2.96. The number of ether oxygens (including phenoxy) is 1. The standard InChI is InChI=1S/C15H11ClF2N4O3/c16-9-1-6-12-13(7-9)22(21-20-12)24-8-14(23)19-10-2-4-11(5-3-10)25-15(17)18/h1-7,15H,8H2,(H,19,23). The number of aromatic nitrogens is 3. The molecule has 0 radical (unpaired) electrons. The number of carbonyl (C=O) groups excluding carboxylic acids is 1. The first kappa shape index (κ1) is 16.9. The van der Waals surface area contributed by atoms with Crippen molar-refractivity contribution in [3.63, 3.8) is 0 Å². The summed E-state index contributed by atoms with van der Waals surface area (Å²) in [7, 11) is 0. The smallest absolute Gasteiger partial charge is 0.387 e. The van der Waals surface area contributed by atoms with Crippen molar-refractivity contribution in [1.29, 1.82) is 0 Å². The van der Waals surface area contributed by atoms with Gasteiger partial charge in [-0.2, -0.15) is 8.78 Å². The summed E-state index contributed by atoms with van der Waals surface area (Å²) in [5.41, 5.74) is 1.50. The maximum atomic E-state index is 12.1. The predicted molar refractivity (Wildman–Crippen MR) is 85.7 cm³/mol. The van der Waals surface area contributed by atoms with Crippen LogP contribution in [0, 0.1) is 0 Å². The van der Waals surface area contributed by atoms with E-state index >= 15 is 0 Å². The van der Waals surface area contributed by atoms with E-state index in [1.807, 2.05) is 0 Å². The third kappa shape index (κ3) is 4.32. The Morgan fingerprint density at radius 3 is 2.72 bits per heavy atom. The third-order valence-electron chi connectivity index (χ3n) is 3.06. The lowest BCUT2D eigenvalue weighted by molar-refractivity contribution is -0.121. The minimum Gasteiger partial charge on any atom is -0.435 e. The zero-order chi connectivity index (χ0) is 17.8. The molecule has 3 rings (SSSR count). The molecular formula is C15H11ClF2N4O3. The van der Waals surface area contributed by atoms with E-state index in [9.17, 15) is 13.6 Å². The quantitative estimate of drug-likeness (QED) is 0.724. The monoisotopic (exact) mass is 368 g/mol. The van der Waals surface area contributed by atoms with Gasteiger partial charge in [-0.05, 0) is 47.7 Å². The van der Waals surface area contributed by atoms with Crippen molar-refractivity contribution >= 4 is 34.2 Å². The first-order valence-electron chi connectivity index (χ1n) is 7.00. The summed E-state index contributed by atoms with van der Waals surface area (Å²) >= 11 is 5.90. The second-order valence-corrected chi connectivity index (χ2v) is 5.26. The van der Waals surface area contributed by atoms with Crippen molar-refractivity contribution in [1.82, 2.24) is 15.2 Å². The molecule has 0 aliphatic carbocycles. The van der Waals surface area contributed by atoms with Crippen molar-refractivity contribution in [2.45, 2.75) is 6.61 Å². The molecule has 130 valence electrons. The number of fused-ring (bicyclic) bond motifs is 1. The Morgan fingerprint density at radius 1 is 1.24 bits per heavy atom. The second-order valence-electron chi connectivity index (χ2n) is 4.82. The van der Waals surface area contributed by atoms with Crippen LogP contribution in [0.4, 0.5) is 14.5 Å². The number of halogens is 3. The number of rotatable bonds is 6. The van der Waals surface area contributed by atoms with E-state index in [1.165, 1.54) is 24.3 Å². The van der Waals surface area contributed by atoms with Crippen LogP contribution in [0.3, 0.4) is 0 Å². The van der Waals surface area contributed by atoms with Gasteiger partial charge in [0.15, 0.2) is 6.61 Å². The molecule has 0 fully saturated rings. The van der Waals surface area contributed by atoms with Gasteiger partial charge in [-0.15, -0.1) is 5.10 Å². The topological polar surface area (TPSA) is 78.3 Å². The van der Waals surface area contributed by atoms with Gasteiger partial charge in [-0.3, -0.25) is 4.79 Å². The van der Waals surface area contributed by atoms with E-state index in [1.54, 1.807) is 18.2 Å². The van der Waals surface area contributed by atoms with Gasteiger partial charge in [0.05, 0.1) is 0 Å². The number of benzene rings is 2. The summed E-state index contributed by atoms with van der Waals surface area (Å²) in [5.74, 6) is -0.469. The minimum atomic E-state index is -2.90. The molecule has 2 aromatic carbocycles. The van der Waals surface area contributed by atoms with Gasteiger partial charge >= 0.3 is 6.61 Å². The van der Waals surface area contributed by atoms with Gasteiger partial charge in [0, 0.05) is 10.7 Å². The number of carbonyl (C=O) groups is 1. The highest BCUT2D eigenvalue weighted by Gasteiger charge is 2.09. The maximum Gasteiger partial charge on any atom is 0.387 e. The van der Waals surface area contributed by atoms with Crippen LogP contribution in [0.25, 0.3) is 11.0 Å². The largest absolute Gasteiger partial charge is 0.435 e. The highest BCUT2D eigenvalue weighted by molar-refractivity contribution is 6.31. The lowest BCUT2D eigenvalue weighted by Crippen LogP contribution is -2.26. The lowest BCUT2D eigenvalue weighted by atomic mass is 10.3. The Labute approximate surface area is 145 Å². The number of nitrogens with one attached hydrogen (secondary N) is 1. The zero-order valence-corrected chi connectivity index (χ0v) is 13.3. The van der Waals surface area contributed by atoms with E-state index in [0.717, 1.165) is 4.85 Å². The Balaban J connectivity index is 1.58. The van der Waals surface area contributed by atoms with Crippen LogP contribution >= 0.6 is 11.6 Å². The van der Waals surface area contributed by atoms with Gasteiger partial charge in [-0.1, -0.05) is 16.4 Å². The van der Waals surface area contributed by atoms with Crippen molar-refractivity contribution < 1.29 is 23.1 Å². The lowest BCUT2D eigenvalue weighted by Gasteiger charge is -2.08. The van der Waals surface area contributed by atoms with Crippen LogP contribution in [-0.2, 0) is 4.79 Å². The normalized spacial score (nSPS) is 10.9. The maximum absolute atomic E-state index is 12.1. The second kappa shape index (κ2) is 7.31. The summed E-state index contributed by atoms with van der Waals surface area (Å²) in [4.78, 5) is 18.3. The summed E-state index contributed by atoms with van der Waals surface area (Å²) in [6, 6.07) is 10.4. The minimum absolute atomic E-state index is 0.00443. The van der Waals surface area contributed by atoms with Crippen LogP contribution in [0.2, 0.25) is 5.02 Å². The van der Waals surface area contributed by atoms with Crippen molar-refractivity contribution in [3.05, 3.63) is 47.5 Å². The fourth-order valence-corrected chi connectivity index (χ4v) is 2.17. The molecule has 25 heavy (non-hydrogen) atoms. The third-order valence-corrected chi connectivity index (χ3v) is 3.29. The number of amides is 1. The Bertz CT molecular complexity index is 886. The molecule has 0 unspecified atom stereocenters. The molecular weight excluding hydrogens is 358 g/mol. The Kier molecular flexibility index (Phi) is 4.94. The molecule has 1 heterocycles. The highest BCUT2D eigenvalue weighted by atomic mass is 35.5. The van der Waals surface area contributed by atoms with Crippen molar-refractivity contribution in [2.24, 2.45) is 0 Å². The molecule has 1 aromatic heterocycles. The van der Waals surface area contributed by atoms with Crippen molar-refractivity contribution in [3.8, 4) is 5.75 Å². The summed E-state index contributed by atoms with van der Waals surface area (Å²) < 4.78 is 28.4. The van der Waals surface area contributed by atoms with E-state index in [-0.39, 0.29) is 12.4 Å². The molecule has 0 bridgehead atoms. The van der Waals surface area contributed by atoms with Gasteiger partial charge in [0.25, 0.3) is 5.91 Å². The molecule has 0 aliphatic heterocycles. The molecule has 7 nitrogen and oxygen atoms in total. The number of nitrogens with zero attached hydrogens (tertiary/aromatic N) is 3. The molecule has 0 saturated carbocycles. The van der Waals surface area contributed by atoms with Crippen LogP contribution < -0.4 is 14.9 Å². The van der Waals surface area contributed by atoms with Gasteiger partial charge in [0.2, 0.25) is 0 Å². The fourth-order valence-electron chi connectivity index (χ4n) is 2.00. The van der Waals surface area contributed by atoms with Gasteiger partial charge < -0.3 is 14.9 Å². The molecule has 0 atom stereocenters. The predicted octanol–water partition coefficient (Wildman–Crippen LogP) is 2.75. The molecule has 3 aromatic rings. The summed E-state index contributed by atoms with van der Waals surface area (Å²) in [6.07, 6.45) is 0. The molecule has 1 N–H and O–H groups in total. The van der Waals surface area contributed by atoms with E-state index < -0.39 is 12.5 Å². The molecule has 0 aliphatic rings. The van der Waals surface area contributed by atoms with Crippen LogP contribution in [0.15, 0.2) is 42.5 Å². The van der Waals surface area contributed by atoms with Crippen molar-refractivity contribution in [2.75, 3.05) is 11.9 Å². The SMILES string of the molecule is O=C(COn1nnc2ccc(Cl)cc21)Nc1ccc(OC(F)F)cc1.